The number of carboxylic acid groups (broad SMARTS) is 2. The first kappa shape index (κ1) is 11.7. The van der Waals surface area contributed by atoms with Crippen molar-refractivity contribution < 1.29 is 24.9 Å². The fraction of sp³-hybridized carbons (Fsp3) is 0.600. The van der Waals surface area contributed by atoms with E-state index < -0.39 is 23.3 Å². The van der Waals surface area contributed by atoms with Crippen molar-refractivity contribution in [2.45, 2.75) is 19.3 Å². The van der Waals surface area contributed by atoms with E-state index >= 15 is 0 Å². The average molecular weight is 214 g/mol. The van der Waals surface area contributed by atoms with Crippen LogP contribution in [-0.4, -0.2) is 33.9 Å². The molecule has 0 heterocycles. The van der Waals surface area contributed by atoms with Gasteiger partial charge in [0.25, 0.3) is 0 Å². The van der Waals surface area contributed by atoms with E-state index in [2.05, 4.69) is 0 Å². The summed E-state index contributed by atoms with van der Waals surface area (Å²) < 4.78 is 0. The van der Waals surface area contributed by atoms with Gasteiger partial charge in [-0.05, 0) is 19.3 Å². The van der Waals surface area contributed by atoms with Crippen LogP contribution in [0, 0.1) is 11.3 Å². The van der Waals surface area contributed by atoms with E-state index in [1.54, 1.807) is 6.08 Å². The number of carboxylic acids is 2. The maximum atomic E-state index is 11.2. The molecule has 1 rings (SSSR count). The van der Waals surface area contributed by atoms with Crippen LogP contribution in [0.15, 0.2) is 12.2 Å². The molecule has 0 bridgehead atoms. The van der Waals surface area contributed by atoms with Crippen molar-refractivity contribution in [3.63, 3.8) is 0 Å². The van der Waals surface area contributed by atoms with Gasteiger partial charge in [0, 0.05) is 6.61 Å². The predicted octanol–water partition coefficient (Wildman–Crippen LogP) is 0.491. The Balaban J connectivity index is 3.09. The molecule has 0 aromatic rings. The lowest BCUT2D eigenvalue weighted by atomic mass is 9.68. The summed E-state index contributed by atoms with van der Waals surface area (Å²) in [5.74, 6) is -3.25. The first-order valence-corrected chi connectivity index (χ1v) is 4.79. The van der Waals surface area contributed by atoms with Gasteiger partial charge in [-0.25, -0.2) is 0 Å². The topological polar surface area (TPSA) is 94.8 Å². The Hall–Kier alpha value is -1.36. The van der Waals surface area contributed by atoms with Crippen molar-refractivity contribution in [2.75, 3.05) is 6.61 Å². The zero-order valence-electron chi connectivity index (χ0n) is 8.22. The van der Waals surface area contributed by atoms with E-state index in [4.69, 9.17) is 15.3 Å². The molecule has 0 fully saturated rings. The number of carbonyl (C=O) groups is 2. The zero-order chi connectivity index (χ0) is 11.5. The van der Waals surface area contributed by atoms with Gasteiger partial charge in [-0.1, -0.05) is 12.2 Å². The van der Waals surface area contributed by atoms with Crippen molar-refractivity contribution in [3.8, 4) is 0 Å². The average Bonchev–Trinajstić information content (AvgIpc) is 2.18. The second-order valence-corrected chi connectivity index (χ2v) is 3.69. The summed E-state index contributed by atoms with van der Waals surface area (Å²) in [5.41, 5.74) is -1.45. The fourth-order valence-corrected chi connectivity index (χ4v) is 2.04. The van der Waals surface area contributed by atoms with Crippen LogP contribution in [0.3, 0.4) is 0 Å². The first-order valence-electron chi connectivity index (χ1n) is 4.79. The highest BCUT2D eigenvalue weighted by Gasteiger charge is 2.48. The van der Waals surface area contributed by atoms with Gasteiger partial charge in [-0.15, -0.1) is 0 Å². The maximum absolute atomic E-state index is 11.2. The molecule has 0 spiro atoms. The third-order valence-corrected chi connectivity index (χ3v) is 2.88. The molecular weight excluding hydrogens is 200 g/mol. The van der Waals surface area contributed by atoms with E-state index in [9.17, 15) is 9.59 Å². The summed E-state index contributed by atoms with van der Waals surface area (Å²) in [6.07, 6.45) is 3.89. The van der Waals surface area contributed by atoms with Crippen molar-refractivity contribution in [1.29, 1.82) is 0 Å². The quantitative estimate of drug-likeness (QED) is 0.592. The Kier molecular flexibility index (Phi) is 3.47. The van der Waals surface area contributed by atoms with Gasteiger partial charge in [0.15, 0.2) is 0 Å². The lowest BCUT2D eigenvalue weighted by molar-refractivity contribution is -0.160. The first-order chi connectivity index (χ1) is 7.04. The smallest absolute Gasteiger partial charge is 0.314 e. The molecule has 0 aromatic carbocycles. The molecule has 0 amide bonds. The number of hydrogen-bond donors (Lipinski definition) is 3. The lowest BCUT2D eigenvalue weighted by Gasteiger charge is -2.34. The normalized spacial score (nSPS) is 30.1. The van der Waals surface area contributed by atoms with Crippen molar-refractivity contribution in [2.24, 2.45) is 11.3 Å². The van der Waals surface area contributed by atoms with Crippen molar-refractivity contribution >= 4 is 11.9 Å². The minimum absolute atomic E-state index is 0.0597. The van der Waals surface area contributed by atoms with Crippen LogP contribution in [-0.2, 0) is 9.59 Å². The Morgan fingerprint density at radius 3 is 2.53 bits per heavy atom. The summed E-state index contributed by atoms with van der Waals surface area (Å²) in [6, 6.07) is 0. The molecule has 2 unspecified atom stereocenters. The summed E-state index contributed by atoms with van der Waals surface area (Å²) >= 11 is 0. The number of allylic oxidation sites excluding steroid dienone is 1. The summed E-state index contributed by atoms with van der Waals surface area (Å²) in [5, 5.41) is 26.9. The second-order valence-electron chi connectivity index (χ2n) is 3.69. The number of aliphatic hydroxyl groups is 1. The maximum Gasteiger partial charge on any atom is 0.314 e. The van der Waals surface area contributed by atoms with Gasteiger partial charge < -0.3 is 15.3 Å². The van der Waals surface area contributed by atoms with Crippen LogP contribution in [0.5, 0.6) is 0 Å². The van der Waals surface area contributed by atoms with Gasteiger partial charge in [-0.3, -0.25) is 9.59 Å². The number of aliphatic hydroxyl groups excluding tert-OH is 1. The summed E-state index contributed by atoms with van der Waals surface area (Å²) in [4.78, 5) is 22.1. The van der Waals surface area contributed by atoms with Crippen LogP contribution in [0.4, 0.5) is 0 Å². The lowest BCUT2D eigenvalue weighted by Crippen LogP contribution is -2.43. The molecule has 2 atom stereocenters. The zero-order valence-corrected chi connectivity index (χ0v) is 8.22. The Bertz CT molecular complexity index is 296. The minimum Gasteiger partial charge on any atom is -0.481 e. The van der Waals surface area contributed by atoms with E-state index in [1.807, 2.05) is 0 Å². The fourth-order valence-electron chi connectivity index (χ4n) is 2.04. The van der Waals surface area contributed by atoms with Gasteiger partial charge in [-0.2, -0.15) is 0 Å². The molecule has 0 radical (unpaired) electrons. The van der Waals surface area contributed by atoms with E-state index in [0.717, 1.165) is 0 Å². The molecule has 15 heavy (non-hydrogen) atoms. The van der Waals surface area contributed by atoms with Gasteiger partial charge in [0.2, 0.25) is 0 Å². The molecular formula is C10H14O5. The van der Waals surface area contributed by atoms with E-state index in [1.165, 1.54) is 6.08 Å². The van der Waals surface area contributed by atoms with Crippen LogP contribution < -0.4 is 0 Å². The Morgan fingerprint density at radius 1 is 1.40 bits per heavy atom. The minimum atomic E-state index is -1.45. The molecule has 1 aliphatic rings. The summed E-state index contributed by atoms with van der Waals surface area (Å²) in [7, 11) is 0. The number of aliphatic carboxylic acids is 2. The molecule has 0 aromatic heterocycles. The Labute approximate surface area is 87.0 Å². The largest absolute Gasteiger partial charge is 0.481 e. The third kappa shape index (κ3) is 2.02. The number of rotatable bonds is 4. The standard InChI is InChI=1S/C10H14O5/c11-6-5-10(9(14)15)4-2-1-3-7(10)8(12)13/h2,4,7,11H,1,3,5-6H2,(H,12,13)(H,14,15). The summed E-state index contributed by atoms with van der Waals surface area (Å²) in [6.45, 7) is -0.333. The predicted molar refractivity (Wildman–Crippen MR) is 51.3 cm³/mol. The SMILES string of the molecule is O=C(O)C1CCC=CC1(CCO)C(=O)O. The van der Waals surface area contributed by atoms with Crippen LogP contribution >= 0.6 is 0 Å². The van der Waals surface area contributed by atoms with Crippen LogP contribution in [0.1, 0.15) is 19.3 Å². The third-order valence-electron chi connectivity index (χ3n) is 2.88. The molecule has 5 heteroatoms. The van der Waals surface area contributed by atoms with Crippen LogP contribution in [0.25, 0.3) is 0 Å². The van der Waals surface area contributed by atoms with Gasteiger partial charge in [0.1, 0.15) is 5.41 Å². The molecule has 0 saturated carbocycles. The second kappa shape index (κ2) is 4.44. The van der Waals surface area contributed by atoms with Gasteiger partial charge >= 0.3 is 11.9 Å². The van der Waals surface area contributed by atoms with Gasteiger partial charge in [0.05, 0.1) is 5.92 Å². The molecule has 5 nitrogen and oxygen atoms in total. The molecule has 3 N–H and O–H groups in total. The highest BCUT2D eigenvalue weighted by atomic mass is 16.4. The highest BCUT2D eigenvalue weighted by molar-refractivity contribution is 5.85. The molecule has 0 aliphatic heterocycles. The van der Waals surface area contributed by atoms with Crippen molar-refractivity contribution in [1.82, 2.24) is 0 Å². The highest BCUT2D eigenvalue weighted by Crippen LogP contribution is 2.40. The van der Waals surface area contributed by atoms with E-state index in [0.29, 0.717) is 12.8 Å². The monoisotopic (exact) mass is 214 g/mol. The van der Waals surface area contributed by atoms with Crippen LogP contribution in [0.2, 0.25) is 0 Å². The van der Waals surface area contributed by atoms with E-state index in [-0.39, 0.29) is 13.0 Å². The molecule has 84 valence electrons. The number of hydrogen-bond acceptors (Lipinski definition) is 3. The van der Waals surface area contributed by atoms with Crippen molar-refractivity contribution in [3.05, 3.63) is 12.2 Å². The molecule has 0 saturated heterocycles. The molecule has 1 aliphatic carbocycles. The Morgan fingerprint density at radius 2 is 2.07 bits per heavy atom.